The number of carbonyl (C=O) groups is 1. The second kappa shape index (κ2) is 2.75. The first-order valence-corrected chi connectivity index (χ1v) is 3.30. The van der Waals surface area contributed by atoms with Crippen molar-refractivity contribution in [2.45, 2.75) is 5.67 Å². The molecule has 1 fully saturated rings. The van der Waals surface area contributed by atoms with E-state index in [-0.39, 0.29) is 13.1 Å². The number of hydrogen-bond donors (Lipinski definition) is 2. The Hall–Kier alpha value is -0.680. The van der Waals surface area contributed by atoms with Crippen molar-refractivity contribution in [3.8, 4) is 0 Å². The van der Waals surface area contributed by atoms with Crippen molar-refractivity contribution in [1.29, 1.82) is 0 Å². The number of hydrogen-bond acceptors (Lipinski definition) is 3. The van der Waals surface area contributed by atoms with Crippen molar-refractivity contribution in [3.63, 3.8) is 0 Å². The molecule has 11 heavy (non-hydrogen) atoms. The predicted octanol–water partition coefficient (Wildman–Crippen LogP) is -1.48. The molecular weight excluding hydrogens is 153 g/mol. The van der Waals surface area contributed by atoms with Crippen LogP contribution >= 0.6 is 0 Å². The molecule has 1 rings (SSSR count). The van der Waals surface area contributed by atoms with Gasteiger partial charge in [-0.05, 0) is 0 Å². The zero-order valence-corrected chi connectivity index (χ0v) is 5.96. The summed E-state index contributed by atoms with van der Waals surface area (Å²) in [6.07, 6.45) is 0. The molecule has 0 spiro atoms. The number of amides is 1. The number of aliphatic hydroxyl groups excluding tert-OH is 2. The quantitative estimate of drug-likeness (QED) is 0.522. The molecule has 1 amide bonds. The third kappa shape index (κ3) is 1.49. The van der Waals surface area contributed by atoms with Crippen molar-refractivity contribution < 1.29 is 19.4 Å². The van der Waals surface area contributed by atoms with E-state index in [1.165, 1.54) is 0 Å². The minimum absolute atomic E-state index is 0.108. The van der Waals surface area contributed by atoms with E-state index in [4.69, 9.17) is 10.2 Å². The lowest BCUT2D eigenvalue weighted by Crippen LogP contribution is -2.63. The van der Waals surface area contributed by atoms with E-state index in [1.807, 2.05) is 0 Å². The largest absolute Gasteiger partial charge is 0.393 e. The van der Waals surface area contributed by atoms with Crippen LogP contribution in [0.4, 0.5) is 4.39 Å². The van der Waals surface area contributed by atoms with Gasteiger partial charge in [-0.1, -0.05) is 0 Å². The first-order chi connectivity index (χ1) is 5.11. The second-order valence-electron chi connectivity index (χ2n) is 2.72. The minimum Gasteiger partial charge on any atom is -0.393 e. The fourth-order valence-electron chi connectivity index (χ4n) is 1.01. The molecule has 0 aliphatic carbocycles. The van der Waals surface area contributed by atoms with Gasteiger partial charge >= 0.3 is 0 Å². The molecule has 0 radical (unpaired) electrons. The highest BCUT2D eigenvalue weighted by molar-refractivity contribution is 5.78. The number of alkyl halides is 1. The maximum Gasteiger partial charge on any atom is 0.248 e. The SMILES string of the molecule is O=C(CO)N1CC(F)(CO)C1. The summed E-state index contributed by atoms with van der Waals surface area (Å²) in [6, 6.07) is 0. The summed E-state index contributed by atoms with van der Waals surface area (Å²) < 4.78 is 12.9. The molecular formula is C6H10FNO3. The first kappa shape index (κ1) is 8.42. The van der Waals surface area contributed by atoms with Crippen LogP contribution in [0.2, 0.25) is 0 Å². The Labute approximate surface area is 63.2 Å². The maximum atomic E-state index is 12.9. The highest BCUT2D eigenvalue weighted by Gasteiger charge is 2.44. The van der Waals surface area contributed by atoms with Crippen molar-refractivity contribution in [3.05, 3.63) is 0 Å². The Morgan fingerprint density at radius 2 is 2.09 bits per heavy atom. The Morgan fingerprint density at radius 1 is 1.55 bits per heavy atom. The number of rotatable bonds is 2. The van der Waals surface area contributed by atoms with E-state index in [0.717, 1.165) is 4.90 Å². The van der Waals surface area contributed by atoms with Crippen LogP contribution in [0.5, 0.6) is 0 Å². The summed E-state index contributed by atoms with van der Waals surface area (Å²) >= 11 is 0. The summed E-state index contributed by atoms with van der Waals surface area (Å²) in [6.45, 7) is -1.38. The number of likely N-dealkylation sites (tertiary alicyclic amines) is 1. The highest BCUT2D eigenvalue weighted by atomic mass is 19.1. The monoisotopic (exact) mass is 163 g/mol. The molecule has 1 aliphatic heterocycles. The maximum absolute atomic E-state index is 12.9. The van der Waals surface area contributed by atoms with E-state index < -0.39 is 24.8 Å². The van der Waals surface area contributed by atoms with E-state index in [0.29, 0.717) is 0 Å². The summed E-state index contributed by atoms with van der Waals surface area (Å²) in [4.78, 5) is 11.8. The van der Waals surface area contributed by atoms with E-state index in [9.17, 15) is 9.18 Å². The predicted molar refractivity (Wildman–Crippen MR) is 34.6 cm³/mol. The van der Waals surface area contributed by atoms with E-state index in [1.54, 1.807) is 0 Å². The van der Waals surface area contributed by atoms with Crippen molar-refractivity contribution in [2.24, 2.45) is 0 Å². The second-order valence-corrected chi connectivity index (χ2v) is 2.72. The molecule has 0 aromatic rings. The Balaban J connectivity index is 2.34. The average Bonchev–Trinajstić information content (AvgIpc) is 1.97. The molecule has 0 saturated carbocycles. The molecule has 64 valence electrons. The van der Waals surface area contributed by atoms with Crippen molar-refractivity contribution in [1.82, 2.24) is 4.90 Å². The first-order valence-electron chi connectivity index (χ1n) is 3.30. The summed E-state index contributed by atoms with van der Waals surface area (Å²) in [5.41, 5.74) is -1.63. The van der Waals surface area contributed by atoms with Gasteiger partial charge in [0, 0.05) is 0 Å². The van der Waals surface area contributed by atoms with Crippen LogP contribution in [0.25, 0.3) is 0 Å². The van der Waals surface area contributed by atoms with Gasteiger partial charge in [0.05, 0.1) is 19.7 Å². The topological polar surface area (TPSA) is 60.8 Å². The summed E-state index contributed by atoms with van der Waals surface area (Å²) in [7, 11) is 0. The number of carbonyl (C=O) groups excluding carboxylic acids is 1. The molecule has 4 nitrogen and oxygen atoms in total. The fraction of sp³-hybridized carbons (Fsp3) is 0.833. The standard InChI is InChI=1S/C6H10FNO3/c7-6(4-10)2-8(3-6)5(11)1-9/h9-10H,1-4H2. The van der Waals surface area contributed by atoms with Crippen LogP contribution in [-0.4, -0.2) is 53.0 Å². The zero-order chi connectivity index (χ0) is 8.48. The lowest BCUT2D eigenvalue weighted by atomic mass is 9.98. The minimum atomic E-state index is -1.63. The van der Waals surface area contributed by atoms with Gasteiger partial charge in [0.1, 0.15) is 6.61 Å². The molecule has 1 aliphatic rings. The molecule has 0 aromatic heterocycles. The molecule has 0 bridgehead atoms. The molecule has 2 N–H and O–H groups in total. The van der Waals surface area contributed by atoms with Crippen LogP contribution in [0.15, 0.2) is 0 Å². The third-order valence-electron chi connectivity index (χ3n) is 1.72. The molecule has 1 heterocycles. The molecule has 0 atom stereocenters. The van der Waals surface area contributed by atoms with Crippen LogP contribution in [0, 0.1) is 0 Å². The van der Waals surface area contributed by atoms with Gasteiger partial charge in [0.15, 0.2) is 5.67 Å². The Bertz CT molecular complexity index is 167. The highest BCUT2D eigenvalue weighted by Crippen LogP contribution is 2.24. The van der Waals surface area contributed by atoms with Crippen molar-refractivity contribution >= 4 is 5.91 Å². The fourth-order valence-corrected chi connectivity index (χ4v) is 1.01. The van der Waals surface area contributed by atoms with Gasteiger partial charge in [0.25, 0.3) is 0 Å². The summed E-state index contributed by atoms with van der Waals surface area (Å²) in [5.74, 6) is -0.494. The van der Waals surface area contributed by atoms with Gasteiger partial charge in [-0.25, -0.2) is 4.39 Å². The van der Waals surface area contributed by atoms with Gasteiger partial charge in [0.2, 0.25) is 5.91 Å². The van der Waals surface area contributed by atoms with E-state index in [2.05, 4.69) is 0 Å². The zero-order valence-electron chi connectivity index (χ0n) is 5.96. The van der Waals surface area contributed by atoms with E-state index >= 15 is 0 Å². The Kier molecular flexibility index (Phi) is 2.10. The van der Waals surface area contributed by atoms with Crippen LogP contribution in [-0.2, 0) is 4.79 Å². The van der Waals surface area contributed by atoms with Gasteiger partial charge in [-0.3, -0.25) is 4.79 Å². The Morgan fingerprint density at radius 3 is 2.45 bits per heavy atom. The lowest BCUT2D eigenvalue weighted by Gasteiger charge is -2.42. The summed E-state index contributed by atoms with van der Waals surface area (Å²) in [5, 5.41) is 16.8. The lowest BCUT2D eigenvalue weighted by molar-refractivity contribution is -0.151. The van der Waals surface area contributed by atoms with Crippen LogP contribution < -0.4 is 0 Å². The van der Waals surface area contributed by atoms with Crippen LogP contribution in [0.3, 0.4) is 0 Å². The number of nitrogens with zero attached hydrogens (tertiary/aromatic N) is 1. The normalized spacial score (nSPS) is 21.2. The number of halogens is 1. The van der Waals surface area contributed by atoms with Crippen LogP contribution in [0.1, 0.15) is 0 Å². The number of aliphatic hydroxyl groups is 2. The smallest absolute Gasteiger partial charge is 0.248 e. The third-order valence-corrected chi connectivity index (χ3v) is 1.72. The molecule has 5 heteroatoms. The molecule has 1 saturated heterocycles. The molecule has 0 aromatic carbocycles. The average molecular weight is 163 g/mol. The van der Waals surface area contributed by atoms with Gasteiger partial charge in [-0.2, -0.15) is 0 Å². The van der Waals surface area contributed by atoms with Gasteiger partial charge in [-0.15, -0.1) is 0 Å². The van der Waals surface area contributed by atoms with Crippen molar-refractivity contribution in [2.75, 3.05) is 26.3 Å². The molecule has 0 unspecified atom stereocenters. The van der Waals surface area contributed by atoms with Gasteiger partial charge < -0.3 is 15.1 Å².